The Balaban J connectivity index is 1.05. The Bertz CT molecular complexity index is 1730. The van der Waals surface area contributed by atoms with Gasteiger partial charge in [0.25, 0.3) is 0 Å². The molecule has 3 aliphatic carbocycles. The Hall–Kier alpha value is -3.82. The number of aliphatic hydroxyl groups excluding tert-OH is 1. The van der Waals surface area contributed by atoms with Crippen LogP contribution in [0.5, 0.6) is 0 Å². The number of nitrogens with two attached hydrogens (primary N) is 1. The van der Waals surface area contributed by atoms with Gasteiger partial charge < -0.3 is 46.7 Å². The number of unbranched alkanes of at least 4 members (excludes halogenated alkanes) is 2. The Labute approximate surface area is 351 Å². The number of nitrogens with one attached hydrogen (secondary N) is 5. The number of benzene rings is 2. The van der Waals surface area contributed by atoms with Gasteiger partial charge in [-0.2, -0.15) is 0 Å². The highest BCUT2D eigenvalue weighted by atomic mass is 16.7. The number of aliphatic hydroxyl groups is 1. The van der Waals surface area contributed by atoms with Gasteiger partial charge in [0, 0.05) is 19.5 Å². The normalized spacial score (nSPS) is 24.1. The maximum absolute atomic E-state index is 13.6. The first-order chi connectivity index (χ1) is 28.1. The largest absolute Gasteiger partial charge is 0.481 e. The van der Waals surface area contributed by atoms with Crippen molar-refractivity contribution in [1.82, 2.24) is 26.6 Å². The van der Waals surface area contributed by atoms with Crippen LogP contribution in [0.3, 0.4) is 0 Å². The van der Waals surface area contributed by atoms with Gasteiger partial charge in [0.1, 0.15) is 18.1 Å². The maximum atomic E-state index is 13.6. The quantitative estimate of drug-likeness (QED) is 0.0682. The van der Waals surface area contributed by atoms with E-state index in [9.17, 15) is 24.3 Å². The van der Waals surface area contributed by atoms with E-state index in [-0.39, 0.29) is 23.8 Å². The molecule has 4 amide bonds. The lowest BCUT2D eigenvalue weighted by molar-refractivity contribution is -0.199. The second-order valence-corrected chi connectivity index (χ2v) is 17.9. The maximum Gasteiger partial charge on any atom is 0.481 e. The first-order valence-electron chi connectivity index (χ1n) is 21.9. The molecule has 2 bridgehead atoms. The molecule has 8 N–H and O–H groups in total. The molecule has 0 radical (unpaired) electrons. The highest BCUT2D eigenvalue weighted by Crippen LogP contribution is 2.65. The van der Waals surface area contributed by atoms with Crippen LogP contribution in [-0.2, 0) is 41.5 Å². The average Bonchev–Trinajstić information content (AvgIpc) is 3.58. The van der Waals surface area contributed by atoms with Gasteiger partial charge in [0.05, 0.1) is 23.8 Å². The summed E-state index contributed by atoms with van der Waals surface area (Å²) in [6.45, 7) is 15.0. The summed E-state index contributed by atoms with van der Waals surface area (Å²) in [5.74, 6) is -1.61. The summed E-state index contributed by atoms with van der Waals surface area (Å²) in [6.07, 6.45) is 5.94. The monoisotopic (exact) mass is 817 g/mol. The van der Waals surface area contributed by atoms with Gasteiger partial charge in [-0.15, -0.1) is 0 Å². The number of hydrogen-bond acceptors (Lipinski definition) is 9. The van der Waals surface area contributed by atoms with Gasteiger partial charge in [0.15, 0.2) is 0 Å². The van der Waals surface area contributed by atoms with E-state index in [4.69, 9.17) is 15.0 Å². The van der Waals surface area contributed by atoms with E-state index < -0.39 is 60.6 Å². The van der Waals surface area contributed by atoms with Crippen LogP contribution in [0.25, 0.3) is 11.1 Å². The number of carbonyl (C=O) groups is 4. The van der Waals surface area contributed by atoms with Crippen molar-refractivity contribution in [3.63, 3.8) is 0 Å². The number of aryl methyl sites for hydroxylation is 1. The van der Waals surface area contributed by atoms with Crippen LogP contribution < -0.4 is 32.3 Å². The van der Waals surface area contributed by atoms with Crippen molar-refractivity contribution >= 4 is 30.7 Å². The van der Waals surface area contributed by atoms with Crippen LogP contribution in [0, 0.1) is 17.3 Å². The molecule has 4 aliphatic rings. The molecule has 2 aromatic carbocycles. The van der Waals surface area contributed by atoms with E-state index in [0.717, 1.165) is 30.4 Å². The first-order valence-corrected chi connectivity index (χ1v) is 21.9. The molecule has 1 heterocycles. The van der Waals surface area contributed by atoms with E-state index in [1.807, 2.05) is 6.92 Å². The molecule has 9 unspecified atom stereocenters. The van der Waals surface area contributed by atoms with Crippen molar-refractivity contribution in [2.45, 2.75) is 155 Å². The third-order valence-electron chi connectivity index (χ3n) is 13.1. The summed E-state index contributed by atoms with van der Waals surface area (Å²) in [4.78, 5) is 53.1. The van der Waals surface area contributed by atoms with Crippen molar-refractivity contribution in [1.29, 1.82) is 0 Å². The fourth-order valence-electron chi connectivity index (χ4n) is 9.08. The molecule has 6 rings (SSSR count). The predicted octanol–water partition coefficient (Wildman–Crippen LogP) is 3.93. The number of hydrogen-bond donors (Lipinski definition) is 7. The summed E-state index contributed by atoms with van der Waals surface area (Å²) >= 11 is 0. The summed E-state index contributed by atoms with van der Waals surface area (Å²) in [5.41, 5.74) is 10.2. The topological polar surface area (TPSA) is 193 Å². The van der Waals surface area contributed by atoms with E-state index in [0.29, 0.717) is 50.7 Å². The average molecular weight is 817 g/mol. The minimum absolute atomic E-state index is 0.0292. The molecular weight excluding hydrogens is 747 g/mol. The third kappa shape index (κ3) is 11.5. The molecule has 324 valence electrons. The molecule has 13 nitrogen and oxygen atoms in total. The van der Waals surface area contributed by atoms with Crippen LogP contribution >= 0.6 is 0 Å². The molecule has 1 saturated heterocycles. The minimum Gasteiger partial charge on any atom is -0.404 e. The molecule has 2 aromatic rings. The van der Waals surface area contributed by atoms with E-state index >= 15 is 0 Å². The van der Waals surface area contributed by atoms with Crippen molar-refractivity contribution < 1.29 is 33.6 Å². The smallest absolute Gasteiger partial charge is 0.404 e. The van der Waals surface area contributed by atoms with E-state index in [1.165, 1.54) is 37.8 Å². The van der Waals surface area contributed by atoms with Crippen LogP contribution in [-0.4, -0.2) is 90.8 Å². The summed E-state index contributed by atoms with van der Waals surface area (Å²) in [6, 6.07) is 13.7. The molecular formula is C45H69BN6O7. The van der Waals surface area contributed by atoms with Crippen molar-refractivity contribution in [3.8, 4) is 11.1 Å². The Morgan fingerprint density at radius 3 is 2.12 bits per heavy atom. The highest BCUT2D eigenvalue weighted by molar-refractivity contribution is 6.47. The molecule has 0 spiro atoms. The highest BCUT2D eigenvalue weighted by Gasteiger charge is 2.68. The zero-order chi connectivity index (χ0) is 42.9. The van der Waals surface area contributed by atoms with Crippen LogP contribution in [0.2, 0.25) is 0 Å². The van der Waals surface area contributed by atoms with Crippen LogP contribution in [0.15, 0.2) is 48.5 Å². The van der Waals surface area contributed by atoms with Gasteiger partial charge >= 0.3 is 7.12 Å². The zero-order valence-electron chi connectivity index (χ0n) is 36.3. The second-order valence-electron chi connectivity index (χ2n) is 17.9. The van der Waals surface area contributed by atoms with Gasteiger partial charge in [-0.05, 0) is 119 Å². The predicted molar refractivity (Wildman–Crippen MR) is 231 cm³/mol. The minimum atomic E-state index is -1.29. The summed E-state index contributed by atoms with van der Waals surface area (Å²) in [5, 5.41) is 24.7. The standard InChI is InChI=1S/C45H69BN6O7/c1-8-9-12-31-14-18-33(19-15-31)34-20-16-32(17-21-34)27-48-24-22-39(54)52-40(29(3)53)43(57)49-28(2)41(55)51-36(13-10-11-23-47)42(56)50-30(4)46-58-38-26-35-25-37(44(35,5)6)45(38,7)59-46/h14-21,28-30,35-38,40,48,53H,8-13,22-27,47H2,1-7H3,(H,49,57)(H,50,56)(H,51,55)(H,52,54). The lowest BCUT2D eigenvalue weighted by atomic mass is 9.43. The van der Waals surface area contributed by atoms with Crippen molar-refractivity contribution in [2.75, 3.05) is 13.1 Å². The number of rotatable bonds is 22. The molecule has 14 heteroatoms. The summed E-state index contributed by atoms with van der Waals surface area (Å²) < 4.78 is 12.9. The Morgan fingerprint density at radius 1 is 0.847 bits per heavy atom. The molecule has 0 aromatic heterocycles. The van der Waals surface area contributed by atoms with Gasteiger partial charge in [0.2, 0.25) is 23.6 Å². The van der Waals surface area contributed by atoms with Crippen molar-refractivity contribution in [2.24, 2.45) is 23.0 Å². The second kappa shape index (κ2) is 20.6. The lowest BCUT2D eigenvalue weighted by Crippen LogP contribution is -2.65. The molecule has 1 aliphatic heterocycles. The van der Waals surface area contributed by atoms with Crippen LogP contribution in [0.4, 0.5) is 0 Å². The molecule has 59 heavy (non-hydrogen) atoms. The zero-order valence-corrected chi connectivity index (χ0v) is 36.3. The van der Waals surface area contributed by atoms with Crippen molar-refractivity contribution in [3.05, 3.63) is 59.7 Å². The third-order valence-corrected chi connectivity index (χ3v) is 13.1. The lowest BCUT2D eigenvalue weighted by Gasteiger charge is -2.64. The fraction of sp³-hybridized carbons (Fsp3) is 0.644. The molecule has 9 atom stereocenters. The molecule has 3 saturated carbocycles. The summed E-state index contributed by atoms with van der Waals surface area (Å²) in [7, 11) is -0.618. The van der Waals surface area contributed by atoms with Gasteiger partial charge in [-0.3, -0.25) is 19.2 Å². The Morgan fingerprint density at radius 2 is 1.51 bits per heavy atom. The van der Waals surface area contributed by atoms with Gasteiger partial charge in [-0.1, -0.05) is 75.7 Å². The molecule has 4 fully saturated rings. The number of carbonyl (C=O) groups excluding carboxylic acids is 4. The SMILES string of the molecule is CCCCc1ccc(-c2ccc(CNCCC(=O)NC(C(=O)NC(C)C(=O)NC(CCCCN)C(=O)NC(C)B3OC4CC5CC(C5(C)C)C4(C)O3)C(C)O)cc2)cc1. The van der Waals surface area contributed by atoms with E-state index in [2.05, 4.69) is 103 Å². The number of amides is 4. The van der Waals surface area contributed by atoms with E-state index in [1.54, 1.807) is 0 Å². The first kappa shape index (κ1) is 46.3. The van der Waals surface area contributed by atoms with Crippen LogP contribution in [0.1, 0.15) is 111 Å². The Kier molecular flexibility index (Phi) is 16.2. The van der Waals surface area contributed by atoms with Gasteiger partial charge in [-0.25, -0.2) is 0 Å². The fourth-order valence-corrected chi connectivity index (χ4v) is 9.08.